The van der Waals surface area contributed by atoms with Gasteiger partial charge in [0.1, 0.15) is 11.3 Å². The molecular formula is C3F6OS. The van der Waals surface area contributed by atoms with Crippen molar-refractivity contribution in [1.82, 2.24) is 0 Å². The molecule has 0 heterocycles. The molecule has 1 nitrogen and oxygen atoms in total. The first-order valence-electron chi connectivity index (χ1n) is 2.00. The minimum absolute atomic E-state index is 1.60. The van der Waals surface area contributed by atoms with Gasteiger partial charge in [-0.2, -0.15) is 26.3 Å². The van der Waals surface area contributed by atoms with Crippen molar-refractivity contribution in [3.8, 4) is 0 Å². The van der Waals surface area contributed by atoms with Crippen LogP contribution in [0.2, 0.25) is 0 Å². The molecule has 0 unspecified atom stereocenters. The van der Waals surface area contributed by atoms with Crippen LogP contribution in [0.4, 0.5) is 26.3 Å². The van der Waals surface area contributed by atoms with Gasteiger partial charge in [-0.05, 0) is 0 Å². The van der Waals surface area contributed by atoms with Crippen LogP contribution >= 0.6 is 0 Å². The maximum absolute atomic E-state index is 11.2. The Bertz CT molecular complexity index is 179. The highest BCUT2D eigenvalue weighted by Crippen LogP contribution is 2.28. The Morgan fingerprint density at radius 3 is 1.18 bits per heavy atom. The summed E-state index contributed by atoms with van der Waals surface area (Å²) in [6, 6.07) is 0. The van der Waals surface area contributed by atoms with Crippen LogP contribution in [0.15, 0.2) is 0 Å². The molecule has 0 radical (unpaired) electrons. The Labute approximate surface area is 60.1 Å². The van der Waals surface area contributed by atoms with Crippen molar-refractivity contribution in [1.29, 1.82) is 0 Å². The van der Waals surface area contributed by atoms with Crippen molar-refractivity contribution in [2.24, 2.45) is 0 Å². The third kappa shape index (κ3) is 2.91. The summed E-state index contributed by atoms with van der Waals surface area (Å²) in [4.78, 5) is -2.98. The maximum atomic E-state index is 11.2. The molecule has 0 N–H and O–H groups in total. The van der Waals surface area contributed by atoms with Crippen molar-refractivity contribution in [3.63, 3.8) is 0 Å². The van der Waals surface area contributed by atoms with E-state index < -0.39 is 28.5 Å². The van der Waals surface area contributed by atoms with E-state index in [0.717, 1.165) is 0 Å². The van der Waals surface area contributed by atoms with Gasteiger partial charge in [-0.1, -0.05) is 0 Å². The fourth-order valence-corrected chi connectivity index (χ4v) is 0.444. The first-order chi connectivity index (χ1) is 4.69. The summed E-state index contributed by atoms with van der Waals surface area (Å²) < 4.78 is 76.8. The van der Waals surface area contributed by atoms with Crippen LogP contribution in [0.5, 0.6) is 0 Å². The van der Waals surface area contributed by atoms with E-state index in [1.54, 1.807) is 0 Å². The number of alkyl halides is 6. The van der Waals surface area contributed by atoms with Gasteiger partial charge < -0.3 is 0 Å². The molecule has 0 aliphatic carbocycles. The lowest BCUT2D eigenvalue weighted by atomic mass is 10.4. The fraction of sp³-hybridized carbons (Fsp3) is 0.667. The normalized spacial score (nSPS) is 12.9. The zero-order valence-corrected chi connectivity index (χ0v) is 5.40. The lowest BCUT2D eigenvalue weighted by molar-refractivity contribution is -0.113. The second-order valence-electron chi connectivity index (χ2n) is 1.41. The Kier molecular flexibility index (Phi) is 2.70. The van der Waals surface area contributed by atoms with E-state index >= 15 is 0 Å². The highest BCUT2D eigenvalue weighted by Gasteiger charge is 2.52. The summed E-state index contributed by atoms with van der Waals surface area (Å²) in [7, 11) is 0. The molecule has 0 rings (SSSR count). The second-order valence-corrected chi connectivity index (χ2v) is 1.98. The van der Waals surface area contributed by atoms with Crippen molar-refractivity contribution < 1.29 is 30.6 Å². The van der Waals surface area contributed by atoms with Crippen LogP contribution < -0.4 is 0 Å². The summed E-state index contributed by atoms with van der Waals surface area (Å²) in [6.45, 7) is 0. The topological polar surface area (TPSA) is 17.1 Å². The van der Waals surface area contributed by atoms with E-state index in [1.807, 2.05) is 0 Å². The molecule has 0 aromatic carbocycles. The molecule has 11 heavy (non-hydrogen) atoms. The molecule has 0 bridgehead atoms. The number of hydrogen-bond acceptors (Lipinski definition) is 1. The molecule has 0 aliphatic heterocycles. The Hall–Kier alpha value is -0.530. The van der Waals surface area contributed by atoms with Crippen molar-refractivity contribution in [2.45, 2.75) is 12.4 Å². The van der Waals surface area contributed by atoms with Gasteiger partial charge in [0.2, 0.25) is 4.86 Å². The largest absolute Gasteiger partial charge is 0.433 e. The third-order valence-corrected chi connectivity index (χ3v) is 1.23. The number of rotatable bonds is 0. The molecule has 0 aromatic rings. The highest BCUT2D eigenvalue weighted by atomic mass is 32.1. The third-order valence-electron chi connectivity index (χ3n) is 0.598. The van der Waals surface area contributed by atoms with Crippen LogP contribution in [0.25, 0.3) is 0 Å². The van der Waals surface area contributed by atoms with Gasteiger partial charge in [0, 0.05) is 0 Å². The SMILES string of the molecule is O=S=C(C(F)(F)F)C(F)(F)F. The van der Waals surface area contributed by atoms with E-state index in [4.69, 9.17) is 0 Å². The maximum Gasteiger partial charge on any atom is 0.433 e. The van der Waals surface area contributed by atoms with Crippen LogP contribution in [-0.4, -0.2) is 21.4 Å². The standard InChI is InChI=1S/C3F6OS/c4-2(5,6)1(11-10)3(7,8)9. The predicted molar refractivity (Wildman–Crippen MR) is 25.3 cm³/mol. The zero-order valence-electron chi connectivity index (χ0n) is 4.58. The zero-order chi connectivity index (χ0) is 9.28. The summed E-state index contributed by atoms with van der Waals surface area (Å²) in [5, 5.41) is 0. The Balaban J connectivity index is 4.90. The van der Waals surface area contributed by atoms with E-state index in [0.29, 0.717) is 0 Å². The molecule has 0 fully saturated rings. The van der Waals surface area contributed by atoms with Gasteiger partial charge in [0.15, 0.2) is 0 Å². The second kappa shape index (κ2) is 2.84. The molecule has 0 atom stereocenters. The monoisotopic (exact) mass is 198 g/mol. The molecule has 0 saturated carbocycles. The molecule has 0 saturated heterocycles. The molecular weight excluding hydrogens is 198 g/mol. The van der Waals surface area contributed by atoms with E-state index in [2.05, 4.69) is 0 Å². The summed E-state index contributed by atoms with van der Waals surface area (Å²) in [6.07, 6.45) is -11.2. The average molecular weight is 198 g/mol. The van der Waals surface area contributed by atoms with Gasteiger partial charge in [-0.3, -0.25) is 0 Å². The van der Waals surface area contributed by atoms with E-state index in [9.17, 15) is 30.6 Å². The van der Waals surface area contributed by atoms with Gasteiger partial charge >= 0.3 is 12.4 Å². The van der Waals surface area contributed by atoms with Crippen molar-refractivity contribution in [3.05, 3.63) is 0 Å². The molecule has 0 aliphatic rings. The first kappa shape index (κ1) is 10.5. The van der Waals surface area contributed by atoms with Crippen molar-refractivity contribution >= 4 is 16.1 Å². The number of halogens is 6. The highest BCUT2D eigenvalue weighted by molar-refractivity contribution is 7.66. The van der Waals surface area contributed by atoms with Gasteiger partial charge in [-0.15, -0.1) is 0 Å². The van der Waals surface area contributed by atoms with E-state index in [-0.39, 0.29) is 0 Å². The summed E-state index contributed by atoms with van der Waals surface area (Å²) in [5.74, 6) is 0. The van der Waals surface area contributed by atoms with Gasteiger partial charge in [-0.25, -0.2) is 4.21 Å². The van der Waals surface area contributed by atoms with Crippen LogP contribution in [0.1, 0.15) is 0 Å². The molecule has 66 valence electrons. The van der Waals surface area contributed by atoms with E-state index in [1.165, 1.54) is 0 Å². The average Bonchev–Trinajstić information content (AvgIpc) is 1.56. The number of hydrogen-bond donors (Lipinski definition) is 0. The van der Waals surface area contributed by atoms with Crippen molar-refractivity contribution in [2.75, 3.05) is 0 Å². The van der Waals surface area contributed by atoms with Crippen LogP contribution in [-0.2, 0) is 11.3 Å². The quantitative estimate of drug-likeness (QED) is 0.425. The minimum Gasteiger partial charge on any atom is -0.212 e. The fourth-order valence-electron chi connectivity index (χ4n) is 0.255. The summed E-state index contributed by atoms with van der Waals surface area (Å²) >= 11 is -1.60. The van der Waals surface area contributed by atoms with Crippen LogP contribution in [0, 0.1) is 0 Å². The lowest BCUT2D eigenvalue weighted by Crippen LogP contribution is -2.36. The molecule has 0 amide bonds. The Morgan fingerprint density at radius 1 is 0.909 bits per heavy atom. The molecule has 0 spiro atoms. The van der Waals surface area contributed by atoms with Crippen LogP contribution in [0.3, 0.4) is 0 Å². The molecule has 8 heteroatoms. The minimum atomic E-state index is -5.61. The van der Waals surface area contributed by atoms with Gasteiger partial charge in [0.25, 0.3) is 0 Å². The first-order valence-corrected chi connectivity index (χ1v) is 2.75. The lowest BCUT2D eigenvalue weighted by Gasteiger charge is -2.09. The summed E-state index contributed by atoms with van der Waals surface area (Å²) in [5.41, 5.74) is 0. The molecule has 0 aromatic heterocycles. The smallest absolute Gasteiger partial charge is 0.212 e. The predicted octanol–water partition coefficient (Wildman–Crippen LogP) is 1.50. The van der Waals surface area contributed by atoms with Gasteiger partial charge in [0.05, 0.1) is 0 Å². The Morgan fingerprint density at radius 2 is 1.18 bits per heavy atom.